The first kappa shape index (κ1) is 18.7. The molecule has 0 atom stereocenters. The molecule has 142 valence electrons. The normalized spacial score (nSPS) is 13.5. The number of thioether (sulfide) groups is 1. The predicted molar refractivity (Wildman–Crippen MR) is 114 cm³/mol. The minimum atomic E-state index is 0.505. The standard InChI is InChI=1S/C19H20ClN3O2S2/c1-24-13-9-12(14(25-2)8-11(13)20)21-17-16-10-6-4-5-7-15(10)27-18(16)23-19(22-17)26-3/h8-9H,4-7H2,1-3H3,(H,21,22,23). The molecule has 0 aliphatic heterocycles. The molecule has 0 saturated heterocycles. The lowest BCUT2D eigenvalue weighted by atomic mass is 9.97. The number of hydrogen-bond donors (Lipinski definition) is 1. The molecule has 1 aliphatic carbocycles. The average Bonchev–Trinajstić information content (AvgIpc) is 3.07. The zero-order valence-electron chi connectivity index (χ0n) is 15.4. The monoisotopic (exact) mass is 421 g/mol. The van der Waals surface area contributed by atoms with Crippen LogP contribution in [0.1, 0.15) is 23.3 Å². The third kappa shape index (κ3) is 3.44. The van der Waals surface area contributed by atoms with Crippen molar-refractivity contribution in [2.75, 3.05) is 25.8 Å². The van der Waals surface area contributed by atoms with Crippen molar-refractivity contribution in [2.24, 2.45) is 0 Å². The smallest absolute Gasteiger partial charge is 0.190 e. The van der Waals surface area contributed by atoms with Crippen molar-refractivity contribution in [2.45, 2.75) is 30.8 Å². The van der Waals surface area contributed by atoms with Gasteiger partial charge in [0, 0.05) is 17.0 Å². The van der Waals surface area contributed by atoms with Crippen LogP contribution in [0, 0.1) is 0 Å². The van der Waals surface area contributed by atoms with Crippen LogP contribution in [0.15, 0.2) is 17.3 Å². The van der Waals surface area contributed by atoms with E-state index in [-0.39, 0.29) is 0 Å². The number of thiophene rings is 1. The lowest BCUT2D eigenvalue weighted by Gasteiger charge is -2.16. The van der Waals surface area contributed by atoms with Gasteiger partial charge in [-0.1, -0.05) is 23.4 Å². The Morgan fingerprint density at radius 2 is 1.89 bits per heavy atom. The molecule has 4 rings (SSSR count). The van der Waals surface area contributed by atoms with Gasteiger partial charge in [0.1, 0.15) is 22.1 Å². The Balaban J connectivity index is 1.87. The Morgan fingerprint density at radius 1 is 1.11 bits per heavy atom. The molecular weight excluding hydrogens is 402 g/mol. The number of methoxy groups -OCH3 is 2. The molecular formula is C19H20ClN3O2S2. The summed E-state index contributed by atoms with van der Waals surface area (Å²) in [6.45, 7) is 0. The quantitative estimate of drug-likeness (QED) is 0.420. The van der Waals surface area contributed by atoms with Crippen LogP contribution in [0.2, 0.25) is 5.02 Å². The summed E-state index contributed by atoms with van der Waals surface area (Å²) in [7, 11) is 3.22. The maximum atomic E-state index is 6.24. The number of ether oxygens (including phenoxy) is 2. The van der Waals surface area contributed by atoms with Gasteiger partial charge in [-0.2, -0.15) is 0 Å². The second-order valence-electron chi connectivity index (χ2n) is 6.26. The van der Waals surface area contributed by atoms with E-state index in [0.29, 0.717) is 16.5 Å². The van der Waals surface area contributed by atoms with E-state index in [0.717, 1.165) is 39.7 Å². The molecule has 3 aromatic rings. The third-order valence-corrected chi connectivity index (χ3v) is 6.73. The van der Waals surface area contributed by atoms with E-state index in [1.807, 2.05) is 12.3 Å². The molecule has 0 radical (unpaired) electrons. The van der Waals surface area contributed by atoms with Crippen LogP contribution < -0.4 is 14.8 Å². The molecule has 0 fully saturated rings. The maximum absolute atomic E-state index is 6.24. The number of anilines is 2. The Hall–Kier alpha value is -1.70. The summed E-state index contributed by atoms with van der Waals surface area (Å²) in [4.78, 5) is 12.0. The van der Waals surface area contributed by atoms with E-state index in [2.05, 4.69) is 5.32 Å². The lowest BCUT2D eigenvalue weighted by molar-refractivity contribution is 0.405. The molecule has 8 heteroatoms. The highest BCUT2D eigenvalue weighted by Gasteiger charge is 2.22. The molecule has 27 heavy (non-hydrogen) atoms. The second kappa shape index (κ2) is 7.73. The van der Waals surface area contributed by atoms with Crippen molar-refractivity contribution in [3.8, 4) is 11.5 Å². The van der Waals surface area contributed by atoms with Crippen molar-refractivity contribution in [1.29, 1.82) is 0 Å². The molecule has 2 heterocycles. The molecule has 5 nitrogen and oxygen atoms in total. The van der Waals surface area contributed by atoms with Crippen LogP contribution in [0.4, 0.5) is 11.5 Å². The molecule has 0 saturated carbocycles. The van der Waals surface area contributed by atoms with Crippen LogP contribution in [0.25, 0.3) is 10.2 Å². The minimum absolute atomic E-state index is 0.505. The van der Waals surface area contributed by atoms with Crippen LogP contribution in [0.5, 0.6) is 11.5 Å². The molecule has 1 aromatic carbocycles. The number of halogens is 1. The van der Waals surface area contributed by atoms with Gasteiger partial charge in [-0.05, 0) is 37.5 Å². The van der Waals surface area contributed by atoms with Crippen molar-refractivity contribution in [3.05, 3.63) is 27.6 Å². The number of nitrogens with zero attached hydrogens (tertiary/aromatic N) is 2. The zero-order chi connectivity index (χ0) is 19.0. The van der Waals surface area contributed by atoms with Gasteiger partial charge in [0.15, 0.2) is 5.16 Å². The van der Waals surface area contributed by atoms with Crippen LogP contribution in [0.3, 0.4) is 0 Å². The lowest BCUT2D eigenvalue weighted by Crippen LogP contribution is -2.03. The van der Waals surface area contributed by atoms with Gasteiger partial charge in [0.05, 0.1) is 30.3 Å². The number of aryl methyl sites for hydroxylation is 2. The van der Waals surface area contributed by atoms with E-state index in [9.17, 15) is 0 Å². The summed E-state index contributed by atoms with van der Waals surface area (Å²) in [6, 6.07) is 3.59. The summed E-state index contributed by atoms with van der Waals surface area (Å²) >= 11 is 9.58. The second-order valence-corrected chi connectivity index (χ2v) is 8.53. The fourth-order valence-corrected chi connectivity index (χ4v) is 5.32. The van der Waals surface area contributed by atoms with Gasteiger partial charge < -0.3 is 14.8 Å². The summed E-state index contributed by atoms with van der Waals surface area (Å²) in [5, 5.41) is 5.84. The van der Waals surface area contributed by atoms with E-state index in [1.165, 1.54) is 23.3 Å². The molecule has 0 bridgehead atoms. The van der Waals surface area contributed by atoms with Crippen molar-refractivity contribution < 1.29 is 9.47 Å². The highest BCUT2D eigenvalue weighted by Crippen LogP contribution is 2.42. The molecule has 2 aromatic heterocycles. The number of hydrogen-bond acceptors (Lipinski definition) is 7. The summed E-state index contributed by atoms with van der Waals surface area (Å²) in [5.74, 6) is 2.04. The Morgan fingerprint density at radius 3 is 2.63 bits per heavy atom. The fraction of sp³-hybridized carbons (Fsp3) is 0.368. The number of nitrogens with one attached hydrogen (secondary N) is 1. The molecule has 0 spiro atoms. The van der Waals surface area contributed by atoms with Crippen molar-refractivity contribution in [1.82, 2.24) is 9.97 Å². The number of rotatable bonds is 5. The third-order valence-electron chi connectivity index (χ3n) is 4.70. The molecule has 0 unspecified atom stereocenters. The first-order valence-corrected chi connectivity index (χ1v) is 11.1. The van der Waals surface area contributed by atoms with Gasteiger partial charge in [-0.15, -0.1) is 11.3 Å². The largest absolute Gasteiger partial charge is 0.495 e. The zero-order valence-corrected chi connectivity index (χ0v) is 17.8. The number of benzene rings is 1. The van der Waals surface area contributed by atoms with Gasteiger partial charge in [0.2, 0.25) is 0 Å². The molecule has 1 N–H and O–H groups in total. The Labute approximate surface area is 171 Å². The Bertz CT molecular complexity index is 1010. The maximum Gasteiger partial charge on any atom is 0.190 e. The molecule has 1 aliphatic rings. The fourth-order valence-electron chi connectivity index (χ4n) is 3.41. The topological polar surface area (TPSA) is 56.3 Å². The highest BCUT2D eigenvalue weighted by molar-refractivity contribution is 7.98. The minimum Gasteiger partial charge on any atom is -0.495 e. The first-order valence-electron chi connectivity index (χ1n) is 8.69. The Kier molecular flexibility index (Phi) is 5.34. The van der Waals surface area contributed by atoms with Gasteiger partial charge in [-0.3, -0.25) is 0 Å². The number of fused-ring (bicyclic) bond motifs is 3. The van der Waals surface area contributed by atoms with Crippen molar-refractivity contribution >= 4 is 56.4 Å². The summed E-state index contributed by atoms with van der Waals surface area (Å²) in [6.07, 6.45) is 6.65. The van der Waals surface area contributed by atoms with Gasteiger partial charge >= 0.3 is 0 Å². The van der Waals surface area contributed by atoms with E-state index < -0.39 is 0 Å². The SMILES string of the molecule is COc1cc(Nc2nc(SC)nc3sc4c(c23)CCCC4)c(OC)cc1Cl. The predicted octanol–water partition coefficient (Wildman–Crippen LogP) is 5.71. The van der Waals surface area contributed by atoms with Crippen LogP contribution >= 0.6 is 34.7 Å². The van der Waals surface area contributed by atoms with Gasteiger partial charge in [-0.25, -0.2) is 9.97 Å². The summed E-state index contributed by atoms with van der Waals surface area (Å²) in [5.41, 5.74) is 2.15. The van der Waals surface area contributed by atoms with Gasteiger partial charge in [0.25, 0.3) is 0 Å². The van der Waals surface area contributed by atoms with E-state index in [1.54, 1.807) is 43.4 Å². The van der Waals surface area contributed by atoms with Crippen molar-refractivity contribution in [3.63, 3.8) is 0 Å². The van der Waals surface area contributed by atoms with E-state index in [4.69, 9.17) is 31.0 Å². The number of aromatic nitrogens is 2. The van der Waals surface area contributed by atoms with Crippen LogP contribution in [-0.4, -0.2) is 30.4 Å². The molecule has 0 amide bonds. The highest BCUT2D eigenvalue weighted by atomic mass is 35.5. The van der Waals surface area contributed by atoms with E-state index >= 15 is 0 Å². The first-order chi connectivity index (χ1) is 13.1. The van der Waals surface area contributed by atoms with Crippen LogP contribution in [-0.2, 0) is 12.8 Å². The summed E-state index contributed by atoms with van der Waals surface area (Å²) < 4.78 is 10.9. The average molecular weight is 422 g/mol.